The van der Waals surface area contributed by atoms with E-state index in [1.54, 1.807) is 44.4 Å². The Hall–Kier alpha value is -2.51. The minimum Gasteiger partial charge on any atom is -0.497 e. The Balaban J connectivity index is 2.38. The van der Waals surface area contributed by atoms with Crippen LogP contribution in [0.4, 0.5) is 0 Å². The van der Waals surface area contributed by atoms with Gasteiger partial charge in [-0.3, -0.25) is 0 Å². The molecule has 0 bridgehead atoms. The highest BCUT2D eigenvalue weighted by molar-refractivity contribution is 5.46. The second-order valence-electron chi connectivity index (χ2n) is 4.32. The van der Waals surface area contributed by atoms with Gasteiger partial charge in [0.2, 0.25) is 0 Å². The summed E-state index contributed by atoms with van der Waals surface area (Å²) in [5, 5.41) is 18.7. The highest BCUT2D eigenvalue weighted by atomic mass is 16.5. The van der Waals surface area contributed by atoms with Gasteiger partial charge in [0.1, 0.15) is 17.2 Å². The SMILES string of the molecule is COc1cccc(Oc2cc(C#N)ccc2[C@@H](C)O)c1. The molecule has 0 heterocycles. The maximum absolute atomic E-state index is 9.76. The number of methoxy groups -OCH3 is 1. The van der Waals surface area contributed by atoms with Crippen molar-refractivity contribution in [3.8, 4) is 23.3 Å². The zero-order chi connectivity index (χ0) is 14.5. The van der Waals surface area contributed by atoms with Crippen molar-refractivity contribution in [2.45, 2.75) is 13.0 Å². The topological polar surface area (TPSA) is 62.5 Å². The van der Waals surface area contributed by atoms with Crippen molar-refractivity contribution in [1.29, 1.82) is 5.26 Å². The number of benzene rings is 2. The highest BCUT2D eigenvalue weighted by Crippen LogP contribution is 2.31. The molecular formula is C16H15NO3. The molecule has 2 rings (SSSR count). The van der Waals surface area contributed by atoms with Gasteiger partial charge in [-0.2, -0.15) is 5.26 Å². The lowest BCUT2D eigenvalue weighted by molar-refractivity contribution is 0.195. The zero-order valence-electron chi connectivity index (χ0n) is 11.3. The predicted octanol–water partition coefficient (Wildman–Crippen LogP) is 3.41. The Labute approximate surface area is 117 Å². The third-order valence-corrected chi connectivity index (χ3v) is 2.86. The molecule has 4 heteroatoms. The fraction of sp³-hybridized carbons (Fsp3) is 0.188. The van der Waals surface area contributed by atoms with Crippen molar-refractivity contribution >= 4 is 0 Å². The fourth-order valence-electron chi connectivity index (χ4n) is 1.83. The molecule has 0 unspecified atom stereocenters. The van der Waals surface area contributed by atoms with Crippen LogP contribution < -0.4 is 9.47 Å². The van der Waals surface area contributed by atoms with E-state index < -0.39 is 6.10 Å². The van der Waals surface area contributed by atoms with E-state index in [0.29, 0.717) is 28.4 Å². The lowest BCUT2D eigenvalue weighted by Crippen LogP contribution is -1.97. The van der Waals surface area contributed by atoms with E-state index in [0.717, 1.165) is 0 Å². The smallest absolute Gasteiger partial charge is 0.134 e. The molecule has 0 saturated carbocycles. The summed E-state index contributed by atoms with van der Waals surface area (Å²) in [5.74, 6) is 1.73. The van der Waals surface area contributed by atoms with Crippen molar-refractivity contribution in [3.05, 3.63) is 53.6 Å². The minimum atomic E-state index is -0.677. The van der Waals surface area contributed by atoms with Gasteiger partial charge in [0, 0.05) is 11.6 Å². The number of aliphatic hydroxyl groups is 1. The van der Waals surface area contributed by atoms with Gasteiger partial charge in [-0.25, -0.2) is 0 Å². The molecular weight excluding hydrogens is 254 g/mol. The molecule has 0 spiro atoms. The minimum absolute atomic E-state index is 0.465. The summed E-state index contributed by atoms with van der Waals surface area (Å²) in [6.45, 7) is 1.65. The number of nitrogens with zero attached hydrogens (tertiary/aromatic N) is 1. The Morgan fingerprint density at radius 3 is 2.55 bits per heavy atom. The summed E-state index contributed by atoms with van der Waals surface area (Å²) in [5.41, 5.74) is 1.11. The van der Waals surface area contributed by atoms with E-state index in [-0.39, 0.29) is 0 Å². The summed E-state index contributed by atoms with van der Waals surface area (Å²) in [4.78, 5) is 0. The quantitative estimate of drug-likeness (QED) is 0.923. The van der Waals surface area contributed by atoms with Crippen molar-refractivity contribution < 1.29 is 14.6 Å². The Bertz CT molecular complexity index is 644. The first-order valence-electron chi connectivity index (χ1n) is 6.18. The molecule has 102 valence electrons. The Kier molecular flexibility index (Phi) is 4.24. The van der Waals surface area contributed by atoms with Crippen LogP contribution in [0.5, 0.6) is 17.2 Å². The van der Waals surface area contributed by atoms with Crippen LogP contribution in [0.25, 0.3) is 0 Å². The summed E-state index contributed by atoms with van der Waals surface area (Å²) in [6.07, 6.45) is -0.677. The predicted molar refractivity (Wildman–Crippen MR) is 74.9 cm³/mol. The standard InChI is InChI=1S/C16H15NO3/c1-11(18)15-7-6-12(10-17)8-16(15)20-14-5-3-4-13(9-14)19-2/h3-9,11,18H,1-2H3/t11-/m1/s1. The zero-order valence-corrected chi connectivity index (χ0v) is 11.3. The van der Waals surface area contributed by atoms with Crippen LogP contribution in [0.1, 0.15) is 24.2 Å². The van der Waals surface area contributed by atoms with E-state index in [2.05, 4.69) is 6.07 Å². The molecule has 0 fully saturated rings. The van der Waals surface area contributed by atoms with E-state index >= 15 is 0 Å². The average molecular weight is 269 g/mol. The molecule has 0 aliphatic carbocycles. The van der Waals surface area contributed by atoms with Crippen molar-refractivity contribution in [1.82, 2.24) is 0 Å². The number of rotatable bonds is 4. The first-order chi connectivity index (χ1) is 9.63. The van der Waals surface area contributed by atoms with Crippen LogP contribution in [0.2, 0.25) is 0 Å². The largest absolute Gasteiger partial charge is 0.497 e. The third-order valence-electron chi connectivity index (χ3n) is 2.86. The van der Waals surface area contributed by atoms with Gasteiger partial charge in [-0.05, 0) is 31.2 Å². The molecule has 1 N–H and O–H groups in total. The van der Waals surface area contributed by atoms with Gasteiger partial charge in [-0.15, -0.1) is 0 Å². The summed E-state index contributed by atoms with van der Waals surface area (Å²) in [7, 11) is 1.58. The number of hydrogen-bond acceptors (Lipinski definition) is 4. The molecule has 0 aliphatic rings. The Morgan fingerprint density at radius 2 is 1.90 bits per heavy atom. The van der Waals surface area contributed by atoms with Crippen molar-refractivity contribution in [3.63, 3.8) is 0 Å². The molecule has 2 aromatic carbocycles. The second-order valence-corrected chi connectivity index (χ2v) is 4.32. The van der Waals surface area contributed by atoms with Gasteiger partial charge in [0.05, 0.1) is 24.8 Å². The number of nitriles is 1. The molecule has 4 nitrogen and oxygen atoms in total. The molecule has 2 aromatic rings. The average Bonchev–Trinajstić information content (AvgIpc) is 2.47. The molecule has 0 radical (unpaired) electrons. The third kappa shape index (κ3) is 3.08. The monoisotopic (exact) mass is 269 g/mol. The van der Waals surface area contributed by atoms with Crippen LogP contribution in [-0.4, -0.2) is 12.2 Å². The Morgan fingerprint density at radius 1 is 1.15 bits per heavy atom. The van der Waals surface area contributed by atoms with Gasteiger partial charge >= 0.3 is 0 Å². The number of aliphatic hydroxyl groups excluding tert-OH is 1. The summed E-state index contributed by atoms with van der Waals surface area (Å²) >= 11 is 0. The van der Waals surface area contributed by atoms with Crippen LogP contribution >= 0.6 is 0 Å². The van der Waals surface area contributed by atoms with E-state index in [9.17, 15) is 5.11 Å². The normalized spacial score (nSPS) is 11.5. The lowest BCUT2D eigenvalue weighted by Gasteiger charge is -2.14. The van der Waals surface area contributed by atoms with Gasteiger partial charge in [0.15, 0.2) is 0 Å². The van der Waals surface area contributed by atoms with Crippen LogP contribution in [-0.2, 0) is 0 Å². The first kappa shape index (κ1) is 13.9. The van der Waals surface area contributed by atoms with Crippen LogP contribution in [0.3, 0.4) is 0 Å². The highest BCUT2D eigenvalue weighted by Gasteiger charge is 2.11. The van der Waals surface area contributed by atoms with Gasteiger partial charge in [-0.1, -0.05) is 12.1 Å². The first-order valence-corrected chi connectivity index (χ1v) is 6.18. The van der Waals surface area contributed by atoms with E-state index in [4.69, 9.17) is 14.7 Å². The summed E-state index contributed by atoms with van der Waals surface area (Å²) in [6, 6.07) is 14.2. The summed E-state index contributed by atoms with van der Waals surface area (Å²) < 4.78 is 10.9. The molecule has 0 aromatic heterocycles. The van der Waals surface area contributed by atoms with Crippen molar-refractivity contribution in [2.75, 3.05) is 7.11 Å². The van der Waals surface area contributed by atoms with Crippen LogP contribution in [0.15, 0.2) is 42.5 Å². The molecule has 20 heavy (non-hydrogen) atoms. The van der Waals surface area contributed by atoms with Gasteiger partial charge < -0.3 is 14.6 Å². The number of hydrogen-bond donors (Lipinski definition) is 1. The van der Waals surface area contributed by atoms with E-state index in [1.165, 1.54) is 0 Å². The molecule has 0 saturated heterocycles. The lowest BCUT2D eigenvalue weighted by atomic mass is 10.1. The van der Waals surface area contributed by atoms with Gasteiger partial charge in [0.25, 0.3) is 0 Å². The molecule has 0 aliphatic heterocycles. The number of ether oxygens (including phenoxy) is 2. The molecule has 0 amide bonds. The maximum Gasteiger partial charge on any atom is 0.134 e. The van der Waals surface area contributed by atoms with Crippen molar-refractivity contribution in [2.24, 2.45) is 0 Å². The second kappa shape index (κ2) is 6.09. The molecule has 1 atom stereocenters. The maximum atomic E-state index is 9.76. The van der Waals surface area contributed by atoms with E-state index in [1.807, 2.05) is 12.1 Å². The van der Waals surface area contributed by atoms with Crippen LogP contribution in [0, 0.1) is 11.3 Å². The fourth-order valence-corrected chi connectivity index (χ4v) is 1.83.